The maximum atomic E-state index is 11.7. The topological polar surface area (TPSA) is 55.5 Å². The van der Waals surface area contributed by atoms with E-state index in [1.807, 2.05) is 0 Å². The number of hydrogen-bond donors (Lipinski definition) is 1. The van der Waals surface area contributed by atoms with Gasteiger partial charge in [0.1, 0.15) is 10.5 Å². The maximum absolute atomic E-state index is 11.7. The van der Waals surface area contributed by atoms with Crippen LogP contribution in [-0.2, 0) is 6.54 Å². The molecule has 1 N–H and O–H groups in total. The quantitative estimate of drug-likeness (QED) is 0.896. The van der Waals surface area contributed by atoms with Gasteiger partial charge in [0.15, 0.2) is 0 Å². The Labute approximate surface area is 157 Å². The normalized spacial score (nSPS) is 19.0. The Bertz CT molecular complexity index is 933. The van der Waals surface area contributed by atoms with Gasteiger partial charge in [-0.2, -0.15) is 0 Å². The smallest absolute Gasteiger partial charge is 0.269 e. The van der Waals surface area contributed by atoms with Gasteiger partial charge < -0.3 is 14.8 Å². The highest BCUT2D eigenvalue weighted by Gasteiger charge is 2.21. The Morgan fingerprint density at radius 3 is 2.77 bits per heavy atom. The van der Waals surface area contributed by atoms with Gasteiger partial charge in [-0.15, -0.1) is 11.3 Å². The number of rotatable bonds is 3. The number of H-pyrrole nitrogens is 1. The van der Waals surface area contributed by atoms with Crippen LogP contribution in [0.4, 0.5) is 0 Å². The van der Waals surface area contributed by atoms with Crippen molar-refractivity contribution in [3.05, 3.63) is 50.5 Å². The third-order valence-corrected chi connectivity index (χ3v) is 6.31. The number of nitrogens with zero attached hydrogens (tertiary/aromatic N) is 4. The van der Waals surface area contributed by atoms with E-state index < -0.39 is 0 Å². The molecule has 0 saturated carbocycles. The third-order valence-electron chi connectivity index (χ3n) is 5.30. The molecule has 7 heteroatoms. The van der Waals surface area contributed by atoms with E-state index in [-0.39, 0.29) is 5.56 Å². The number of hydrogen-bond acceptors (Lipinski definition) is 6. The van der Waals surface area contributed by atoms with Gasteiger partial charge in [0.25, 0.3) is 5.56 Å². The van der Waals surface area contributed by atoms with Gasteiger partial charge in [-0.25, -0.2) is 4.98 Å². The SMILES string of the molecule is CC1=C(N2CCN(Cc3cc4[nH]c(=O)c(C)nc4s3)CC2)C=CCN1C. The first-order chi connectivity index (χ1) is 12.5. The van der Waals surface area contributed by atoms with Crippen molar-refractivity contribution in [3.8, 4) is 0 Å². The Hall–Kier alpha value is -2.12. The van der Waals surface area contributed by atoms with Crippen LogP contribution < -0.4 is 5.56 Å². The fourth-order valence-electron chi connectivity index (χ4n) is 3.57. The zero-order valence-corrected chi connectivity index (χ0v) is 16.4. The molecule has 0 aromatic carbocycles. The minimum Gasteiger partial charge on any atom is -0.373 e. The minimum absolute atomic E-state index is 0.0930. The summed E-state index contributed by atoms with van der Waals surface area (Å²) in [5, 5.41) is 0. The molecule has 0 aliphatic carbocycles. The molecule has 2 aliphatic rings. The molecule has 0 bridgehead atoms. The third kappa shape index (κ3) is 3.29. The van der Waals surface area contributed by atoms with E-state index in [0.717, 1.165) is 49.6 Å². The number of piperazine rings is 1. The highest BCUT2D eigenvalue weighted by atomic mass is 32.1. The summed E-state index contributed by atoms with van der Waals surface area (Å²) in [6, 6.07) is 2.08. The van der Waals surface area contributed by atoms with Crippen LogP contribution in [0.2, 0.25) is 0 Å². The number of thiophene rings is 1. The lowest BCUT2D eigenvalue weighted by molar-refractivity contribution is 0.153. The molecule has 4 rings (SSSR count). The van der Waals surface area contributed by atoms with Gasteiger partial charge in [0, 0.05) is 56.9 Å². The highest BCUT2D eigenvalue weighted by Crippen LogP contribution is 2.25. The molecule has 1 saturated heterocycles. The molecule has 1 fully saturated rings. The second kappa shape index (κ2) is 6.89. The lowest BCUT2D eigenvalue weighted by Gasteiger charge is -2.39. The van der Waals surface area contributed by atoms with E-state index in [0.29, 0.717) is 5.69 Å². The van der Waals surface area contributed by atoms with Crippen molar-refractivity contribution >= 4 is 21.7 Å². The molecule has 0 amide bonds. The number of aromatic nitrogens is 2. The van der Waals surface area contributed by atoms with Gasteiger partial charge in [0.05, 0.1) is 11.2 Å². The minimum atomic E-state index is -0.0930. The number of allylic oxidation sites excluding steroid dienone is 2. The second-order valence-electron chi connectivity index (χ2n) is 7.10. The predicted octanol–water partition coefficient (Wildman–Crippen LogP) is 2.14. The van der Waals surface area contributed by atoms with Crippen LogP contribution in [0.1, 0.15) is 17.5 Å². The molecule has 26 heavy (non-hydrogen) atoms. The largest absolute Gasteiger partial charge is 0.373 e. The first kappa shape index (κ1) is 17.3. The van der Waals surface area contributed by atoms with E-state index in [4.69, 9.17) is 0 Å². The van der Waals surface area contributed by atoms with E-state index in [9.17, 15) is 4.79 Å². The lowest BCUT2D eigenvalue weighted by atomic mass is 10.1. The first-order valence-corrected chi connectivity index (χ1v) is 9.88. The highest BCUT2D eigenvalue weighted by molar-refractivity contribution is 7.18. The van der Waals surface area contributed by atoms with Gasteiger partial charge in [0.2, 0.25) is 0 Å². The van der Waals surface area contributed by atoms with Crippen LogP contribution in [0.3, 0.4) is 0 Å². The van der Waals surface area contributed by atoms with Crippen molar-refractivity contribution in [3.63, 3.8) is 0 Å². The molecule has 138 valence electrons. The molecule has 0 radical (unpaired) electrons. The molecule has 6 nitrogen and oxygen atoms in total. The number of fused-ring (bicyclic) bond motifs is 1. The number of likely N-dealkylation sites (N-methyl/N-ethyl adjacent to an activating group) is 1. The Morgan fingerprint density at radius 2 is 2.00 bits per heavy atom. The zero-order valence-electron chi connectivity index (χ0n) is 15.6. The van der Waals surface area contributed by atoms with Crippen LogP contribution >= 0.6 is 11.3 Å². The lowest BCUT2D eigenvalue weighted by Crippen LogP contribution is -2.46. The van der Waals surface area contributed by atoms with Crippen molar-refractivity contribution in [2.24, 2.45) is 0 Å². The molecular formula is C19H25N5OS. The standard InChI is InChI=1S/C19H25N5OS/c1-13-18(25)21-16-11-15(26-19(16)20-13)12-23-7-9-24(10-8-23)17-5-4-6-22(3)14(17)2/h4-5,11H,6-10,12H2,1-3H3,(H,21,25). The molecule has 4 heterocycles. The van der Waals surface area contributed by atoms with Crippen LogP contribution in [0, 0.1) is 6.92 Å². The molecule has 0 spiro atoms. The average molecular weight is 372 g/mol. The number of aryl methyl sites for hydroxylation is 1. The first-order valence-electron chi connectivity index (χ1n) is 9.06. The van der Waals surface area contributed by atoms with Gasteiger partial charge >= 0.3 is 0 Å². The Kier molecular flexibility index (Phi) is 4.58. The number of nitrogens with one attached hydrogen (secondary N) is 1. The summed E-state index contributed by atoms with van der Waals surface area (Å²) in [6.45, 7) is 10.1. The van der Waals surface area contributed by atoms with Crippen molar-refractivity contribution < 1.29 is 0 Å². The maximum Gasteiger partial charge on any atom is 0.269 e. The van der Waals surface area contributed by atoms with Crippen LogP contribution in [-0.4, -0.2) is 64.4 Å². The summed E-state index contributed by atoms with van der Waals surface area (Å²) in [7, 11) is 2.15. The summed E-state index contributed by atoms with van der Waals surface area (Å²) < 4.78 is 0. The summed E-state index contributed by atoms with van der Waals surface area (Å²) in [5.74, 6) is 0. The summed E-state index contributed by atoms with van der Waals surface area (Å²) >= 11 is 1.68. The molecular weight excluding hydrogens is 346 g/mol. The van der Waals surface area contributed by atoms with Gasteiger partial charge in [-0.05, 0) is 26.0 Å². The Morgan fingerprint density at radius 1 is 1.23 bits per heavy atom. The molecule has 0 atom stereocenters. The predicted molar refractivity (Wildman–Crippen MR) is 106 cm³/mol. The fraction of sp³-hybridized carbons (Fsp3) is 0.474. The molecule has 2 aromatic heterocycles. The van der Waals surface area contributed by atoms with Crippen LogP contribution in [0.15, 0.2) is 34.4 Å². The van der Waals surface area contributed by atoms with Crippen LogP contribution in [0.25, 0.3) is 10.3 Å². The summed E-state index contributed by atoms with van der Waals surface area (Å²) in [4.78, 5) is 28.5. The summed E-state index contributed by atoms with van der Waals surface area (Å²) in [6.07, 6.45) is 4.50. The van der Waals surface area contributed by atoms with E-state index >= 15 is 0 Å². The van der Waals surface area contributed by atoms with Crippen molar-refractivity contribution in [1.82, 2.24) is 24.7 Å². The summed E-state index contributed by atoms with van der Waals surface area (Å²) in [5.41, 5.74) is 4.02. The monoisotopic (exact) mass is 371 g/mol. The van der Waals surface area contributed by atoms with Crippen molar-refractivity contribution in [2.45, 2.75) is 20.4 Å². The van der Waals surface area contributed by atoms with E-state index in [1.165, 1.54) is 16.3 Å². The zero-order chi connectivity index (χ0) is 18.3. The molecule has 2 aliphatic heterocycles. The van der Waals surface area contributed by atoms with Crippen molar-refractivity contribution in [1.29, 1.82) is 0 Å². The van der Waals surface area contributed by atoms with Crippen molar-refractivity contribution in [2.75, 3.05) is 39.8 Å². The second-order valence-corrected chi connectivity index (χ2v) is 8.21. The fourth-order valence-corrected chi connectivity index (χ4v) is 4.65. The molecule has 0 unspecified atom stereocenters. The Balaban J connectivity index is 1.42. The van der Waals surface area contributed by atoms with Crippen LogP contribution in [0.5, 0.6) is 0 Å². The average Bonchev–Trinajstić information content (AvgIpc) is 2.99. The molecule has 2 aromatic rings. The van der Waals surface area contributed by atoms with Gasteiger partial charge in [-0.1, -0.05) is 6.08 Å². The van der Waals surface area contributed by atoms with Gasteiger partial charge in [-0.3, -0.25) is 9.69 Å². The number of aromatic amines is 1. The van der Waals surface area contributed by atoms with E-state index in [2.05, 4.69) is 56.9 Å². The van der Waals surface area contributed by atoms with E-state index in [1.54, 1.807) is 18.3 Å².